The molecule has 226 valence electrons. The van der Waals surface area contributed by atoms with Crippen LogP contribution in [0.25, 0.3) is 32.9 Å². The summed E-state index contributed by atoms with van der Waals surface area (Å²) in [6.45, 7) is 0.403. The number of nitrogens with zero attached hydrogens (tertiary/aromatic N) is 5. The number of anilines is 1. The van der Waals surface area contributed by atoms with Crippen LogP contribution in [-0.4, -0.2) is 75.4 Å². The summed E-state index contributed by atoms with van der Waals surface area (Å²) in [6, 6.07) is 4.88. The fourth-order valence-corrected chi connectivity index (χ4v) is 6.80. The molecule has 0 amide bonds. The summed E-state index contributed by atoms with van der Waals surface area (Å²) in [7, 11) is 0. The van der Waals surface area contributed by atoms with Crippen molar-refractivity contribution in [3.05, 3.63) is 59.8 Å². The molecule has 0 spiro atoms. The van der Waals surface area contributed by atoms with Gasteiger partial charge in [0.1, 0.15) is 41.4 Å². The van der Waals surface area contributed by atoms with E-state index in [0.717, 1.165) is 25.1 Å². The predicted octanol–water partition coefficient (Wildman–Crippen LogP) is 5.78. The van der Waals surface area contributed by atoms with Gasteiger partial charge >= 0.3 is 6.01 Å². The molecule has 5 heterocycles. The van der Waals surface area contributed by atoms with E-state index < -0.39 is 35.8 Å². The van der Waals surface area contributed by atoms with Gasteiger partial charge in [-0.3, -0.25) is 9.88 Å². The third-order valence-corrected chi connectivity index (χ3v) is 8.71. The van der Waals surface area contributed by atoms with Crippen molar-refractivity contribution in [2.75, 3.05) is 37.7 Å². The number of rotatable bonds is 5. The minimum Gasteiger partial charge on any atom is -0.508 e. The van der Waals surface area contributed by atoms with Gasteiger partial charge in [0.25, 0.3) is 5.92 Å². The van der Waals surface area contributed by atoms with E-state index in [2.05, 4.69) is 20.9 Å². The first-order valence-electron chi connectivity index (χ1n) is 14.2. The van der Waals surface area contributed by atoms with Gasteiger partial charge in [0.15, 0.2) is 5.82 Å². The summed E-state index contributed by atoms with van der Waals surface area (Å²) in [4.78, 5) is 16.3. The van der Waals surface area contributed by atoms with Crippen LogP contribution < -0.4 is 9.64 Å². The van der Waals surface area contributed by atoms with Crippen LogP contribution in [0.15, 0.2) is 42.6 Å². The minimum absolute atomic E-state index is 0.0151. The molecule has 2 aromatic carbocycles. The smallest absolute Gasteiger partial charge is 0.319 e. The molecular formula is C32H26F5N5O2. The second-order valence-corrected chi connectivity index (χ2v) is 11.6. The Labute approximate surface area is 249 Å². The Morgan fingerprint density at radius 2 is 2.02 bits per heavy atom. The number of benzene rings is 2. The minimum atomic E-state index is -3.16. The van der Waals surface area contributed by atoms with E-state index in [-0.39, 0.29) is 70.3 Å². The zero-order valence-corrected chi connectivity index (χ0v) is 23.3. The maximum absolute atomic E-state index is 16.6. The summed E-state index contributed by atoms with van der Waals surface area (Å²) in [5.74, 6) is -2.81. The zero-order chi connectivity index (χ0) is 30.8. The van der Waals surface area contributed by atoms with E-state index in [1.54, 1.807) is 0 Å². The number of aromatic hydroxyl groups is 1. The number of phenolic OH excluding ortho intramolecular Hbond substituents is 1. The summed E-state index contributed by atoms with van der Waals surface area (Å²) in [5.41, 5.74) is -1.26. The van der Waals surface area contributed by atoms with Crippen LogP contribution >= 0.6 is 0 Å². The maximum Gasteiger partial charge on any atom is 0.319 e. The van der Waals surface area contributed by atoms with Crippen molar-refractivity contribution in [3.63, 3.8) is 0 Å². The average molecular weight is 608 g/mol. The molecule has 2 saturated heterocycles. The Balaban J connectivity index is 1.39. The molecular weight excluding hydrogens is 581 g/mol. The van der Waals surface area contributed by atoms with Gasteiger partial charge < -0.3 is 14.7 Å². The van der Waals surface area contributed by atoms with Gasteiger partial charge in [-0.05, 0) is 49.0 Å². The van der Waals surface area contributed by atoms with Crippen LogP contribution in [0, 0.1) is 24.0 Å². The quantitative estimate of drug-likeness (QED) is 0.175. The predicted molar refractivity (Wildman–Crippen MR) is 155 cm³/mol. The van der Waals surface area contributed by atoms with Crippen molar-refractivity contribution in [2.24, 2.45) is 0 Å². The molecule has 0 saturated carbocycles. The van der Waals surface area contributed by atoms with Crippen molar-refractivity contribution in [1.29, 1.82) is 0 Å². The number of terminal acetylenes is 1. The summed E-state index contributed by atoms with van der Waals surface area (Å²) < 4.78 is 80.5. The first kappa shape index (κ1) is 28.3. The van der Waals surface area contributed by atoms with Crippen LogP contribution in [0.2, 0.25) is 0 Å². The number of hydrogen-bond donors (Lipinski definition) is 1. The Hall–Kier alpha value is -4.50. The van der Waals surface area contributed by atoms with Crippen molar-refractivity contribution in [1.82, 2.24) is 19.9 Å². The average Bonchev–Trinajstić information content (AvgIpc) is 3.51. The molecule has 0 unspecified atom stereocenters. The van der Waals surface area contributed by atoms with E-state index in [4.69, 9.17) is 11.2 Å². The summed E-state index contributed by atoms with van der Waals surface area (Å²) >= 11 is 0. The molecule has 4 aromatic rings. The number of hydrogen-bond acceptors (Lipinski definition) is 7. The lowest BCUT2D eigenvalue weighted by Crippen LogP contribution is -2.43. The van der Waals surface area contributed by atoms with E-state index in [1.807, 2.05) is 4.90 Å². The van der Waals surface area contributed by atoms with Gasteiger partial charge in [-0.1, -0.05) is 18.1 Å². The molecule has 44 heavy (non-hydrogen) atoms. The molecule has 7 rings (SSSR count). The van der Waals surface area contributed by atoms with Gasteiger partial charge in [-0.25, -0.2) is 22.0 Å². The number of ether oxygens (including phenoxy) is 1. The van der Waals surface area contributed by atoms with Gasteiger partial charge in [0.2, 0.25) is 0 Å². The van der Waals surface area contributed by atoms with Crippen LogP contribution in [-0.2, 0) is 0 Å². The van der Waals surface area contributed by atoms with Crippen LogP contribution in [0.5, 0.6) is 11.8 Å². The molecule has 2 fully saturated rings. The molecule has 12 heteroatoms. The van der Waals surface area contributed by atoms with Gasteiger partial charge in [0, 0.05) is 36.7 Å². The lowest BCUT2D eigenvalue weighted by molar-refractivity contribution is 0.0594. The third-order valence-electron chi connectivity index (χ3n) is 8.71. The Bertz CT molecular complexity index is 1890. The van der Waals surface area contributed by atoms with Crippen molar-refractivity contribution >= 4 is 27.5 Å². The van der Waals surface area contributed by atoms with Crippen LogP contribution in [0.1, 0.15) is 24.8 Å². The Morgan fingerprint density at radius 3 is 2.82 bits per heavy atom. The molecule has 0 aliphatic carbocycles. The van der Waals surface area contributed by atoms with E-state index in [0.29, 0.717) is 18.4 Å². The number of pyridine rings is 1. The number of aromatic nitrogens is 3. The number of fused-ring (bicyclic) bond motifs is 3. The lowest BCUT2D eigenvalue weighted by Gasteiger charge is -2.32. The van der Waals surface area contributed by atoms with Gasteiger partial charge in [-0.2, -0.15) is 9.97 Å². The normalized spacial score (nSPS) is 22.9. The highest BCUT2D eigenvalue weighted by Gasteiger charge is 2.49. The van der Waals surface area contributed by atoms with Gasteiger partial charge in [-0.15, -0.1) is 6.42 Å². The first-order chi connectivity index (χ1) is 21.1. The third kappa shape index (κ3) is 4.66. The fraction of sp³-hybridized carbons (Fsp3) is 0.344. The molecule has 3 aliphatic heterocycles. The number of halogens is 5. The van der Waals surface area contributed by atoms with Crippen molar-refractivity contribution in [2.45, 2.75) is 36.9 Å². The number of alkyl halides is 3. The number of phenols is 1. The summed E-state index contributed by atoms with van der Waals surface area (Å²) in [6.07, 6.45) is 9.79. The zero-order valence-electron chi connectivity index (χ0n) is 23.3. The molecule has 3 aliphatic rings. The molecule has 2 atom stereocenters. The Morgan fingerprint density at radius 1 is 1.18 bits per heavy atom. The highest BCUT2D eigenvalue weighted by Crippen LogP contribution is 2.42. The highest BCUT2D eigenvalue weighted by molar-refractivity contribution is 6.03. The summed E-state index contributed by atoms with van der Waals surface area (Å²) in [5, 5.41) is 11.0. The first-order valence-corrected chi connectivity index (χ1v) is 14.2. The molecule has 7 nitrogen and oxygen atoms in total. The van der Waals surface area contributed by atoms with E-state index in [9.17, 15) is 22.7 Å². The largest absolute Gasteiger partial charge is 0.508 e. The molecule has 0 bridgehead atoms. The molecule has 0 radical (unpaired) electrons. The van der Waals surface area contributed by atoms with Gasteiger partial charge in [0.05, 0.1) is 23.0 Å². The maximum atomic E-state index is 16.6. The highest BCUT2D eigenvalue weighted by atomic mass is 19.3. The second kappa shape index (κ2) is 10.3. The Kier molecular flexibility index (Phi) is 6.62. The van der Waals surface area contributed by atoms with E-state index >= 15 is 4.39 Å². The lowest BCUT2D eigenvalue weighted by atomic mass is 9.95. The second-order valence-electron chi connectivity index (χ2n) is 11.6. The monoisotopic (exact) mass is 607 g/mol. The van der Waals surface area contributed by atoms with Crippen molar-refractivity contribution in [3.8, 4) is 35.4 Å². The van der Waals surface area contributed by atoms with E-state index in [1.165, 1.54) is 35.4 Å². The molecule has 1 N–H and O–H groups in total. The fourth-order valence-electron chi connectivity index (χ4n) is 6.80. The van der Waals surface area contributed by atoms with Crippen LogP contribution in [0.3, 0.4) is 0 Å². The van der Waals surface area contributed by atoms with Crippen LogP contribution in [0.4, 0.5) is 27.8 Å². The van der Waals surface area contributed by atoms with Crippen molar-refractivity contribution < 1.29 is 31.8 Å². The standard InChI is InChI=1S/C32H26F5N5O2/c1-2-21-24(34)6-5-18-11-20(43)12-22(25(18)21)27-26(35)28-23(14-38-27)29(41-9-4-8-32(36,37)16-41)40-30(39-28)44-17-31-7-3-10-42(31)15-19(33)13-31/h1,4-6,8,11-12,14,19,43H,3,7,9-10,13,15-17H2/t19-,31+/m1/s1. The topological polar surface area (TPSA) is 74.6 Å². The molecule has 2 aromatic heterocycles. The SMILES string of the molecule is C#Cc1c(F)ccc2cc(O)cc(-c3ncc4c(N5CC=CC(F)(F)C5)nc(OC[C@@]56CCCN5C[C@H](F)C6)nc4c3F)c12.